The van der Waals surface area contributed by atoms with Crippen molar-refractivity contribution in [3.8, 4) is 0 Å². The molecule has 0 radical (unpaired) electrons. The Morgan fingerprint density at radius 1 is 0.778 bits per heavy atom. The number of carbonyl (C=O) groups is 7. The molecule has 54 heavy (non-hydrogen) atoms. The molecule has 6 atom stereocenters. The molecule has 0 aromatic heterocycles. The molecule has 2 aliphatic rings. The zero-order valence-corrected chi connectivity index (χ0v) is 33.4. The minimum absolute atomic E-state index is 0.0593. The average Bonchev–Trinajstić information content (AvgIpc) is 3.67. The van der Waals surface area contributed by atoms with Crippen LogP contribution in [0, 0.1) is 0 Å². The van der Waals surface area contributed by atoms with Gasteiger partial charge in [0.1, 0.15) is 36.3 Å². The highest BCUT2D eigenvalue weighted by molar-refractivity contribution is 8.00. The van der Waals surface area contributed by atoms with Crippen LogP contribution >= 0.6 is 11.8 Å². The van der Waals surface area contributed by atoms with Gasteiger partial charge < -0.3 is 36.4 Å². The highest BCUT2D eigenvalue weighted by Gasteiger charge is 2.41. The van der Waals surface area contributed by atoms with E-state index in [4.69, 9.17) is 0 Å². The van der Waals surface area contributed by atoms with E-state index in [1.54, 1.807) is 7.05 Å². The van der Waals surface area contributed by atoms with Gasteiger partial charge in [0.05, 0.1) is 5.75 Å². The molecule has 1 unspecified atom stereocenters. The van der Waals surface area contributed by atoms with Gasteiger partial charge >= 0.3 is 0 Å². The van der Waals surface area contributed by atoms with Crippen LogP contribution in [0.3, 0.4) is 0 Å². The molecule has 2 heterocycles. The maximum absolute atomic E-state index is 14.3. The lowest BCUT2D eigenvalue weighted by atomic mass is 10.0. The first-order valence-corrected chi connectivity index (χ1v) is 20.7. The van der Waals surface area contributed by atoms with Gasteiger partial charge in [-0.3, -0.25) is 33.6 Å². The zero-order valence-electron chi connectivity index (χ0n) is 32.6. The summed E-state index contributed by atoms with van der Waals surface area (Å²) in [5, 5.41) is 14.0. The van der Waals surface area contributed by atoms with Gasteiger partial charge in [0, 0.05) is 32.8 Å². The molecule has 300 valence electrons. The summed E-state index contributed by atoms with van der Waals surface area (Å²) in [4.78, 5) is 99.4. The summed E-state index contributed by atoms with van der Waals surface area (Å²) in [5.41, 5.74) is 0.800. The number of thioether (sulfide) groups is 1. The fraction of sp³-hybridized carbons (Fsp3) is 0.667. The number of nitrogens with one attached hydrogen (secondary N) is 5. The van der Waals surface area contributed by atoms with Crippen molar-refractivity contribution in [2.75, 3.05) is 32.1 Å². The molecule has 1 aromatic carbocycles. The molecule has 2 fully saturated rings. The van der Waals surface area contributed by atoms with Crippen LogP contribution in [0.4, 0.5) is 0 Å². The Hall–Kier alpha value is -4.14. The number of nitrogens with zero attached hydrogens (tertiary/aromatic N) is 2. The lowest BCUT2D eigenvalue weighted by molar-refractivity contribution is -0.149. The van der Waals surface area contributed by atoms with E-state index < -0.39 is 71.7 Å². The molecule has 7 amide bonds. The first-order chi connectivity index (χ1) is 25.9. The van der Waals surface area contributed by atoms with Crippen molar-refractivity contribution >= 4 is 53.1 Å². The number of hydrogen-bond acceptors (Lipinski definition) is 8. The number of amides is 7. The summed E-state index contributed by atoms with van der Waals surface area (Å²) in [6, 6.07) is 3.52. The van der Waals surface area contributed by atoms with E-state index >= 15 is 0 Å². The zero-order chi connectivity index (χ0) is 39.6. The Morgan fingerprint density at radius 2 is 1.39 bits per heavy atom. The van der Waals surface area contributed by atoms with Crippen LogP contribution in [0.5, 0.6) is 0 Å². The second-order valence-electron chi connectivity index (χ2n) is 14.2. The average molecular weight is 772 g/mol. The van der Waals surface area contributed by atoms with Crippen molar-refractivity contribution in [1.82, 2.24) is 36.4 Å². The molecule has 1 aromatic rings. The predicted octanol–water partition coefficient (Wildman–Crippen LogP) is 2.05. The highest BCUT2D eigenvalue weighted by atomic mass is 32.2. The molecule has 0 bridgehead atoms. The number of carbonyl (C=O) groups excluding carboxylic acids is 7. The van der Waals surface area contributed by atoms with Crippen molar-refractivity contribution in [3.63, 3.8) is 0 Å². The predicted molar refractivity (Wildman–Crippen MR) is 209 cm³/mol. The Bertz CT molecular complexity index is 1430. The largest absolute Gasteiger partial charge is 0.357 e. The monoisotopic (exact) mass is 771 g/mol. The van der Waals surface area contributed by atoms with E-state index in [1.807, 2.05) is 51.1 Å². The molecular formula is C39H61N7O7S. The number of likely N-dealkylation sites (N-methyl/N-ethyl adjacent to an activating group) is 2. The minimum Gasteiger partial charge on any atom is -0.357 e. The smallest absolute Gasteiger partial charge is 0.246 e. The number of fused-ring (bicyclic) bond motifs is 1. The molecule has 0 aliphatic carbocycles. The maximum atomic E-state index is 14.3. The molecular weight excluding hydrogens is 711 g/mol. The summed E-state index contributed by atoms with van der Waals surface area (Å²) in [6.07, 6.45) is 6.36. The van der Waals surface area contributed by atoms with Crippen LogP contribution in [0.15, 0.2) is 30.3 Å². The Balaban J connectivity index is 2.05. The second kappa shape index (κ2) is 22.9. The van der Waals surface area contributed by atoms with Crippen LogP contribution in [0.1, 0.15) is 97.0 Å². The molecule has 5 N–H and O–H groups in total. The van der Waals surface area contributed by atoms with Crippen molar-refractivity contribution in [3.05, 3.63) is 35.9 Å². The van der Waals surface area contributed by atoms with Crippen LogP contribution < -0.4 is 26.6 Å². The van der Waals surface area contributed by atoms with Gasteiger partial charge in [0.25, 0.3) is 0 Å². The van der Waals surface area contributed by atoms with Gasteiger partial charge in [-0.25, -0.2) is 0 Å². The summed E-state index contributed by atoms with van der Waals surface area (Å²) >= 11 is 1.12. The summed E-state index contributed by atoms with van der Waals surface area (Å²) in [5.74, 6) is -3.30. The quantitative estimate of drug-likeness (QED) is 0.214. The van der Waals surface area contributed by atoms with Crippen LogP contribution in [0.2, 0.25) is 0 Å². The van der Waals surface area contributed by atoms with Crippen LogP contribution in [0.25, 0.3) is 0 Å². The summed E-state index contributed by atoms with van der Waals surface area (Å²) < 4.78 is 0. The number of hydrogen-bond donors (Lipinski definition) is 5. The second-order valence-corrected chi connectivity index (χ2v) is 15.2. The first kappa shape index (κ1) is 44.3. The SMILES string of the molecule is CCCC[C@@H]1NC(=O)[C@H](Cc2ccccc2)NC(=O)CSC[C@H](C(=O)NC)NC(=O)C2CCCN2C(=O)[C@H](CCCC)N(C)C(=O)[C@H](CCCC)NC1=O. The van der Waals surface area contributed by atoms with Gasteiger partial charge in [0.15, 0.2) is 0 Å². The van der Waals surface area contributed by atoms with E-state index in [0.717, 1.165) is 36.6 Å². The van der Waals surface area contributed by atoms with E-state index in [1.165, 1.54) is 16.8 Å². The fourth-order valence-electron chi connectivity index (χ4n) is 6.85. The van der Waals surface area contributed by atoms with Crippen molar-refractivity contribution < 1.29 is 33.6 Å². The van der Waals surface area contributed by atoms with Crippen molar-refractivity contribution in [1.29, 1.82) is 0 Å². The van der Waals surface area contributed by atoms with Crippen molar-refractivity contribution in [2.45, 2.75) is 134 Å². The normalized spacial score (nSPS) is 25.5. The molecule has 2 saturated heterocycles. The summed E-state index contributed by atoms with van der Waals surface area (Å²) in [7, 11) is 3.02. The topological polar surface area (TPSA) is 186 Å². The summed E-state index contributed by atoms with van der Waals surface area (Å²) in [6.45, 7) is 6.27. The molecule has 0 spiro atoms. The molecule has 3 rings (SSSR count). The third kappa shape index (κ3) is 13.0. The minimum atomic E-state index is -1.02. The van der Waals surface area contributed by atoms with E-state index in [2.05, 4.69) is 26.6 Å². The van der Waals surface area contributed by atoms with Crippen LogP contribution in [-0.4, -0.2) is 120 Å². The highest BCUT2D eigenvalue weighted by Crippen LogP contribution is 2.23. The molecule has 15 heteroatoms. The number of benzene rings is 1. The number of unbranched alkanes of at least 4 members (excludes halogenated alkanes) is 3. The third-order valence-corrected chi connectivity index (χ3v) is 11.1. The maximum Gasteiger partial charge on any atom is 0.246 e. The Labute approximate surface area is 324 Å². The standard InChI is InChI=1S/C39H61N7O7S/c1-6-9-18-27-35(49)43-28(19-10-7-2)38(52)45(5)32(20-11-8-3)39(53)46-22-15-21-31(46)37(51)44-30(34(48)40-4)24-54-25-33(47)41-29(36(50)42-27)23-26-16-13-12-14-17-26/h12-14,16-17,27-32H,6-11,15,18-25H2,1-5H3,(H,40,48)(H,41,47)(H,42,50)(H,43,49)(H,44,51)/t27-,28-,29-,30+,31?,32-/m0/s1. The van der Waals surface area contributed by atoms with Gasteiger partial charge in [-0.2, -0.15) is 0 Å². The van der Waals surface area contributed by atoms with Crippen LogP contribution in [-0.2, 0) is 40.0 Å². The Morgan fingerprint density at radius 3 is 2.04 bits per heavy atom. The fourth-order valence-corrected chi connectivity index (χ4v) is 7.71. The van der Waals surface area contributed by atoms with E-state index in [0.29, 0.717) is 57.9 Å². The van der Waals surface area contributed by atoms with Gasteiger partial charge in [-0.1, -0.05) is 89.6 Å². The van der Waals surface area contributed by atoms with Gasteiger partial charge in [0.2, 0.25) is 41.4 Å². The lowest BCUT2D eigenvalue weighted by Gasteiger charge is -2.35. The number of rotatable bonds is 12. The van der Waals surface area contributed by atoms with Gasteiger partial charge in [-0.05, 0) is 37.7 Å². The molecule has 0 saturated carbocycles. The van der Waals surface area contributed by atoms with Crippen molar-refractivity contribution in [2.24, 2.45) is 0 Å². The Kier molecular flexibility index (Phi) is 18.8. The van der Waals surface area contributed by atoms with E-state index in [9.17, 15) is 33.6 Å². The lowest BCUT2D eigenvalue weighted by Crippen LogP contribution is -2.59. The first-order valence-electron chi connectivity index (χ1n) is 19.6. The van der Waals surface area contributed by atoms with Gasteiger partial charge in [-0.15, -0.1) is 11.8 Å². The third-order valence-electron chi connectivity index (χ3n) is 10.0. The molecule has 2 aliphatic heterocycles. The van der Waals surface area contributed by atoms with E-state index in [-0.39, 0.29) is 23.8 Å². The molecule has 14 nitrogen and oxygen atoms in total.